The van der Waals surface area contributed by atoms with Crippen molar-refractivity contribution in [2.75, 3.05) is 5.32 Å². The van der Waals surface area contributed by atoms with Gasteiger partial charge in [0.1, 0.15) is 5.82 Å². The fourth-order valence-corrected chi connectivity index (χ4v) is 4.94. The lowest BCUT2D eigenvalue weighted by atomic mass is 9.52. The van der Waals surface area contributed by atoms with E-state index in [-0.39, 0.29) is 17.7 Å². The van der Waals surface area contributed by atoms with Crippen molar-refractivity contribution in [1.82, 2.24) is 9.78 Å². The fraction of sp³-hybridized carbons (Fsp3) is 0.273. The minimum absolute atomic E-state index is 0.0695. The Hall–Kier alpha value is -2.88. The third-order valence-corrected chi connectivity index (χ3v) is 6.21. The van der Waals surface area contributed by atoms with Crippen molar-refractivity contribution in [3.8, 4) is 0 Å². The molecule has 130 valence electrons. The molecule has 2 aromatic carbocycles. The predicted molar refractivity (Wildman–Crippen MR) is 101 cm³/mol. The number of nitrogens with zero attached hydrogens (tertiary/aromatic N) is 2. The van der Waals surface area contributed by atoms with Gasteiger partial charge < -0.3 is 5.32 Å². The normalized spacial score (nSPS) is 25.5. The van der Waals surface area contributed by atoms with E-state index in [1.165, 1.54) is 22.3 Å². The molecule has 3 aliphatic rings. The summed E-state index contributed by atoms with van der Waals surface area (Å²) in [5.74, 6) is 1.15. The highest BCUT2D eigenvalue weighted by Crippen LogP contribution is 2.61. The zero-order valence-corrected chi connectivity index (χ0v) is 14.9. The molecule has 0 aliphatic heterocycles. The highest BCUT2D eigenvalue weighted by atomic mass is 16.2. The van der Waals surface area contributed by atoms with Crippen molar-refractivity contribution in [3.63, 3.8) is 0 Å². The number of hydrogen-bond acceptors (Lipinski definition) is 2. The molecule has 0 saturated heterocycles. The molecule has 1 N–H and O–H groups in total. The van der Waals surface area contributed by atoms with E-state index in [4.69, 9.17) is 0 Å². The Kier molecular flexibility index (Phi) is 3.14. The lowest BCUT2D eigenvalue weighted by Gasteiger charge is -2.50. The molecule has 1 aromatic heterocycles. The van der Waals surface area contributed by atoms with Crippen LogP contribution in [0.15, 0.2) is 60.8 Å². The average molecular weight is 343 g/mol. The van der Waals surface area contributed by atoms with Crippen molar-refractivity contribution in [2.24, 2.45) is 12.5 Å². The molecule has 4 heteroatoms. The van der Waals surface area contributed by atoms with E-state index in [0.717, 1.165) is 12.2 Å². The van der Waals surface area contributed by atoms with Crippen LogP contribution in [0, 0.1) is 5.41 Å². The number of carbonyl (C=O) groups is 1. The Morgan fingerprint density at radius 3 is 2.15 bits per heavy atom. The first-order chi connectivity index (χ1) is 12.6. The Morgan fingerprint density at radius 2 is 1.62 bits per heavy atom. The van der Waals surface area contributed by atoms with Gasteiger partial charge in [-0.2, -0.15) is 5.10 Å². The van der Waals surface area contributed by atoms with Gasteiger partial charge >= 0.3 is 0 Å². The third-order valence-electron chi connectivity index (χ3n) is 6.21. The molecule has 2 bridgehead atoms. The highest BCUT2D eigenvalue weighted by molar-refractivity contribution is 5.96. The van der Waals surface area contributed by atoms with Gasteiger partial charge in [-0.1, -0.05) is 48.5 Å². The SMILES string of the molecule is Cn1nccc1NC(=O)[C@@]1(C)CC2c3ccccc3C1c1ccccc12. The monoisotopic (exact) mass is 343 g/mol. The first kappa shape index (κ1) is 15.4. The maximum atomic E-state index is 13.4. The minimum Gasteiger partial charge on any atom is -0.310 e. The molecular weight excluding hydrogens is 322 g/mol. The number of aryl methyl sites for hydroxylation is 1. The molecule has 0 radical (unpaired) electrons. The van der Waals surface area contributed by atoms with Gasteiger partial charge in [0.05, 0.1) is 11.6 Å². The molecule has 1 amide bonds. The van der Waals surface area contributed by atoms with E-state index in [2.05, 4.69) is 65.9 Å². The first-order valence-electron chi connectivity index (χ1n) is 9.07. The topological polar surface area (TPSA) is 46.9 Å². The maximum Gasteiger partial charge on any atom is 0.232 e. The lowest BCUT2D eigenvalue weighted by Crippen LogP contribution is -2.47. The fourth-order valence-electron chi connectivity index (χ4n) is 4.94. The van der Waals surface area contributed by atoms with Gasteiger partial charge in [0.2, 0.25) is 5.91 Å². The minimum atomic E-state index is -0.488. The molecule has 3 aliphatic carbocycles. The number of hydrogen-bond donors (Lipinski definition) is 1. The Labute approximate surface area is 152 Å². The van der Waals surface area contributed by atoms with Crippen LogP contribution >= 0.6 is 0 Å². The second-order valence-electron chi connectivity index (χ2n) is 7.66. The van der Waals surface area contributed by atoms with Gasteiger partial charge in [0.25, 0.3) is 0 Å². The summed E-state index contributed by atoms with van der Waals surface area (Å²) < 4.78 is 1.70. The van der Waals surface area contributed by atoms with Crippen LogP contribution in [0.5, 0.6) is 0 Å². The second-order valence-corrected chi connectivity index (χ2v) is 7.66. The Bertz CT molecular complexity index is 974. The summed E-state index contributed by atoms with van der Waals surface area (Å²) in [6.07, 6.45) is 2.53. The quantitative estimate of drug-likeness (QED) is 0.763. The van der Waals surface area contributed by atoms with Crippen molar-refractivity contribution in [1.29, 1.82) is 0 Å². The number of rotatable bonds is 2. The van der Waals surface area contributed by atoms with Crippen molar-refractivity contribution >= 4 is 11.7 Å². The Balaban J connectivity index is 1.64. The molecule has 0 unspecified atom stereocenters. The summed E-state index contributed by atoms with van der Waals surface area (Å²) in [5.41, 5.74) is 4.86. The van der Waals surface area contributed by atoms with E-state index in [9.17, 15) is 4.79 Å². The summed E-state index contributed by atoms with van der Waals surface area (Å²) in [7, 11) is 1.84. The van der Waals surface area contributed by atoms with Gasteiger partial charge in [0, 0.05) is 24.9 Å². The summed E-state index contributed by atoms with van der Waals surface area (Å²) >= 11 is 0. The van der Waals surface area contributed by atoms with Crippen LogP contribution in [0.4, 0.5) is 5.82 Å². The van der Waals surface area contributed by atoms with Crippen LogP contribution in [0.2, 0.25) is 0 Å². The van der Waals surface area contributed by atoms with E-state index in [1.807, 2.05) is 13.1 Å². The second kappa shape index (κ2) is 5.31. The zero-order chi connectivity index (χ0) is 17.9. The predicted octanol–water partition coefficient (Wildman–Crippen LogP) is 4.05. The number of fused-ring (bicyclic) bond motifs is 1. The van der Waals surface area contributed by atoms with Gasteiger partial charge in [0.15, 0.2) is 0 Å². The third kappa shape index (κ3) is 1.96. The van der Waals surface area contributed by atoms with E-state index in [1.54, 1.807) is 10.9 Å². The van der Waals surface area contributed by atoms with Crippen molar-refractivity contribution in [2.45, 2.75) is 25.2 Å². The van der Waals surface area contributed by atoms with Crippen LogP contribution in [-0.2, 0) is 11.8 Å². The molecular formula is C22H21N3O. The molecule has 1 atom stereocenters. The maximum absolute atomic E-state index is 13.4. The van der Waals surface area contributed by atoms with E-state index in [0.29, 0.717) is 0 Å². The number of amides is 1. The molecule has 26 heavy (non-hydrogen) atoms. The molecule has 3 aromatic rings. The van der Waals surface area contributed by atoms with Crippen LogP contribution in [0.25, 0.3) is 0 Å². The number of carbonyl (C=O) groups excluding carboxylic acids is 1. The van der Waals surface area contributed by atoms with Crippen LogP contribution in [0.3, 0.4) is 0 Å². The standard InChI is InChI=1S/C22H21N3O/c1-22(21(26)24-19-11-12-23-25(19)2)13-18-14-7-3-5-9-16(14)20(22)17-10-6-4-8-15(17)18/h3-12,18,20H,13H2,1-2H3,(H,24,26)/t18?,20?,22-/m0/s1. The molecule has 6 rings (SSSR count). The summed E-state index contributed by atoms with van der Waals surface area (Å²) in [4.78, 5) is 13.4. The molecule has 0 spiro atoms. The van der Waals surface area contributed by atoms with Gasteiger partial charge in [-0.05, 0) is 35.6 Å². The summed E-state index contributed by atoms with van der Waals surface area (Å²) in [6, 6.07) is 19.1. The Morgan fingerprint density at radius 1 is 1.04 bits per heavy atom. The number of benzene rings is 2. The lowest BCUT2D eigenvalue weighted by molar-refractivity contribution is -0.126. The summed E-state index contributed by atoms with van der Waals surface area (Å²) in [6.45, 7) is 2.11. The summed E-state index contributed by atoms with van der Waals surface area (Å²) in [5, 5.41) is 7.27. The molecule has 4 nitrogen and oxygen atoms in total. The molecule has 1 heterocycles. The zero-order valence-electron chi connectivity index (χ0n) is 14.9. The van der Waals surface area contributed by atoms with Crippen LogP contribution < -0.4 is 5.32 Å². The van der Waals surface area contributed by atoms with Gasteiger partial charge in [-0.15, -0.1) is 0 Å². The molecule has 0 saturated carbocycles. The van der Waals surface area contributed by atoms with Crippen molar-refractivity contribution in [3.05, 3.63) is 83.0 Å². The van der Waals surface area contributed by atoms with Gasteiger partial charge in [-0.3, -0.25) is 9.48 Å². The smallest absolute Gasteiger partial charge is 0.232 e. The van der Waals surface area contributed by atoms with Crippen molar-refractivity contribution < 1.29 is 4.79 Å². The first-order valence-corrected chi connectivity index (χ1v) is 9.07. The average Bonchev–Trinajstić information content (AvgIpc) is 3.06. The van der Waals surface area contributed by atoms with Gasteiger partial charge in [-0.25, -0.2) is 0 Å². The number of nitrogens with one attached hydrogen (secondary N) is 1. The van der Waals surface area contributed by atoms with E-state index >= 15 is 0 Å². The van der Waals surface area contributed by atoms with E-state index < -0.39 is 5.41 Å². The number of aromatic nitrogens is 2. The molecule has 0 fully saturated rings. The van der Waals surface area contributed by atoms with Crippen LogP contribution in [-0.4, -0.2) is 15.7 Å². The largest absolute Gasteiger partial charge is 0.310 e. The number of anilines is 1. The highest BCUT2D eigenvalue weighted by Gasteiger charge is 2.53. The van der Waals surface area contributed by atoms with Crippen LogP contribution in [0.1, 0.15) is 47.4 Å².